The van der Waals surface area contributed by atoms with Crippen LogP contribution in [0.2, 0.25) is 0 Å². The van der Waals surface area contributed by atoms with Gasteiger partial charge in [-0.25, -0.2) is 9.59 Å². The van der Waals surface area contributed by atoms with Crippen LogP contribution >= 0.6 is 31.9 Å². The van der Waals surface area contributed by atoms with Crippen LogP contribution in [0, 0.1) is 0 Å². The van der Waals surface area contributed by atoms with E-state index in [0.29, 0.717) is 37.5 Å². The quantitative estimate of drug-likeness (QED) is 0.201. The molecule has 1 fully saturated rings. The van der Waals surface area contributed by atoms with E-state index in [0.717, 1.165) is 10.5 Å². The summed E-state index contributed by atoms with van der Waals surface area (Å²) in [5, 5.41) is 2.56. The van der Waals surface area contributed by atoms with Gasteiger partial charge >= 0.3 is 12.0 Å². The molecule has 0 radical (unpaired) electrons. The minimum atomic E-state index is -0.660. The lowest BCUT2D eigenvalue weighted by Gasteiger charge is -2.16. The third kappa shape index (κ3) is 5.32. The smallest absolute Gasteiger partial charge is 0.373 e. The van der Waals surface area contributed by atoms with Crippen molar-refractivity contribution in [2.24, 2.45) is 0 Å². The molecule has 3 aromatic rings. The zero-order valence-electron chi connectivity index (χ0n) is 20.5. The molecule has 3 heterocycles. The highest BCUT2D eigenvalue weighted by molar-refractivity contribution is 9.13. The zero-order chi connectivity index (χ0) is 27.7. The van der Waals surface area contributed by atoms with Gasteiger partial charge in [0.25, 0.3) is 5.91 Å². The number of carbonyl (C=O) groups is 3. The van der Waals surface area contributed by atoms with Crippen molar-refractivity contribution in [1.29, 1.82) is 0 Å². The summed E-state index contributed by atoms with van der Waals surface area (Å²) in [4.78, 5) is 38.1. The van der Waals surface area contributed by atoms with Gasteiger partial charge in [0.05, 0.1) is 25.2 Å². The Morgan fingerprint density at radius 3 is 2.64 bits per heavy atom. The van der Waals surface area contributed by atoms with Crippen molar-refractivity contribution in [3.63, 3.8) is 0 Å². The molecule has 1 aromatic heterocycles. The van der Waals surface area contributed by atoms with Crippen molar-refractivity contribution < 1.29 is 42.5 Å². The number of benzene rings is 2. The largest absolute Gasteiger partial charge is 0.493 e. The molecular formula is C26H20Br2N2O9. The van der Waals surface area contributed by atoms with Crippen LogP contribution in [0.5, 0.6) is 23.0 Å². The van der Waals surface area contributed by atoms with Crippen LogP contribution in [-0.2, 0) is 22.7 Å². The predicted octanol–water partition coefficient (Wildman–Crippen LogP) is 5.00. The number of hydrogen-bond acceptors (Lipinski definition) is 9. The van der Waals surface area contributed by atoms with E-state index in [1.54, 1.807) is 6.07 Å². The Hall–Kier alpha value is -3.97. The van der Waals surface area contributed by atoms with Crippen LogP contribution in [-0.4, -0.2) is 43.8 Å². The van der Waals surface area contributed by atoms with Gasteiger partial charge in [0, 0.05) is 4.47 Å². The highest BCUT2D eigenvalue weighted by atomic mass is 79.9. The first-order chi connectivity index (χ1) is 18.8. The first-order valence-electron chi connectivity index (χ1n) is 11.4. The van der Waals surface area contributed by atoms with E-state index in [9.17, 15) is 14.4 Å². The summed E-state index contributed by atoms with van der Waals surface area (Å²) in [7, 11) is 2.72. The van der Waals surface area contributed by atoms with Gasteiger partial charge in [0.1, 0.15) is 18.1 Å². The van der Waals surface area contributed by atoms with E-state index in [1.807, 2.05) is 18.2 Å². The molecule has 3 amide bonds. The number of halogens is 2. The molecule has 202 valence electrons. The lowest BCUT2D eigenvalue weighted by Crippen LogP contribution is -2.30. The monoisotopic (exact) mass is 662 g/mol. The van der Waals surface area contributed by atoms with Gasteiger partial charge in [-0.2, -0.15) is 0 Å². The molecule has 0 atom stereocenters. The van der Waals surface area contributed by atoms with Gasteiger partial charge in [0.2, 0.25) is 12.6 Å². The van der Waals surface area contributed by atoms with Gasteiger partial charge in [-0.15, -0.1) is 0 Å². The van der Waals surface area contributed by atoms with Crippen molar-refractivity contribution in [2.75, 3.05) is 21.0 Å². The molecule has 2 aliphatic rings. The number of nitrogens with zero attached hydrogens (tertiary/aromatic N) is 1. The number of fused-ring (bicyclic) bond motifs is 1. The summed E-state index contributed by atoms with van der Waals surface area (Å²) >= 11 is 7.08. The molecule has 13 heteroatoms. The molecule has 5 rings (SSSR count). The summed E-state index contributed by atoms with van der Waals surface area (Å²) in [6, 6.07) is 9.49. The summed E-state index contributed by atoms with van der Waals surface area (Å²) in [6.07, 6.45) is 1.52. The van der Waals surface area contributed by atoms with Crippen LogP contribution in [0.3, 0.4) is 0 Å². The second-order valence-corrected chi connectivity index (χ2v) is 9.82. The molecule has 2 aromatic carbocycles. The topological polar surface area (TPSA) is 126 Å². The number of rotatable bonds is 8. The molecule has 0 aliphatic carbocycles. The number of esters is 1. The summed E-state index contributed by atoms with van der Waals surface area (Å²) in [5.74, 6) is 1.15. The van der Waals surface area contributed by atoms with E-state index in [4.69, 9.17) is 23.4 Å². The predicted molar refractivity (Wildman–Crippen MR) is 142 cm³/mol. The van der Waals surface area contributed by atoms with Crippen molar-refractivity contribution in [3.8, 4) is 23.0 Å². The Bertz CT molecular complexity index is 1520. The first kappa shape index (κ1) is 26.6. The van der Waals surface area contributed by atoms with Crippen LogP contribution in [0.4, 0.5) is 4.79 Å². The van der Waals surface area contributed by atoms with Gasteiger partial charge in [0.15, 0.2) is 23.0 Å². The molecule has 0 saturated carbocycles. The number of nitrogens with one attached hydrogen (secondary N) is 1. The molecule has 11 nitrogen and oxygen atoms in total. The Labute approximate surface area is 238 Å². The van der Waals surface area contributed by atoms with Gasteiger partial charge < -0.3 is 33.4 Å². The molecule has 39 heavy (non-hydrogen) atoms. The van der Waals surface area contributed by atoms with E-state index in [1.165, 1.54) is 32.4 Å². The van der Waals surface area contributed by atoms with E-state index in [2.05, 4.69) is 41.9 Å². The molecular weight excluding hydrogens is 644 g/mol. The third-order valence-corrected chi connectivity index (χ3v) is 7.96. The standard InChI is InChI=1S/C26H20Br2N2O9/c1-34-20-9-14(21(27)22(28)23(20)36-11-13-3-5-17-19(7-13)38-12-37-17)8-16-24(31)30(26(33)29-16)10-15-4-6-18(39-15)25(32)35-2/h3-9H,10-12H2,1-2H3,(H,29,33)/b16-8-. The van der Waals surface area contributed by atoms with E-state index in [-0.39, 0.29) is 37.2 Å². The zero-order valence-corrected chi connectivity index (χ0v) is 23.7. The number of urea groups is 1. The number of amides is 3. The lowest BCUT2D eigenvalue weighted by atomic mass is 10.1. The van der Waals surface area contributed by atoms with Crippen LogP contribution in [0.1, 0.15) is 27.4 Å². The van der Waals surface area contributed by atoms with Crippen LogP contribution < -0.4 is 24.3 Å². The van der Waals surface area contributed by atoms with Gasteiger partial charge in [-0.3, -0.25) is 9.69 Å². The highest BCUT2D eigenvalue weighted by Crippen LogP contribution is 2.44. The normalized spacial score (nSPS) is 15.1. The Morgan fingerprint density at radius 2 is 1.87 bits per heavy atom. The van der Waals surface area contributed by atoms with Gasteiger partial charge in [-0.1, -0.05) is 6.07 Å². The summed E-state index contributed by atoms with van der Waals surface area (Å²) < 4.78 is 33.5. The maximum Gasteiger partial charge on any atom is 0.373 e. The molecule has 0 unspecified atom stereocenters. The number of imide groups is 1. The Kier molecular flexibility index (Phi) is 7.53. The Morgan fingerprint density at radius 1 is 1.08 bits per heavy atom. The van der Waals surface area contributed by atoms with E-state index < -0.39 is 17.9 Å². The number of furan rings is 1. The maximum absolute atomic E-state index is 13.0. The summed E-state index contributed by atoms with van der Waals surface area (Å²) in [5.41, 5.74) is 1.46. The average Bonchev–Trinajstić information content (AvgIpc) is 3.66. The molecule has 1 saturated heterocycles. The van der Waals surface area contributed by atoms with Crippen molar-refractivity contribution in [3.05, 3.63) is 73.7 Å². The number of ether oxygens (including phenoxy) is 5. The number of methoxy groups -OCH3 is 2. The Balaban J connectivity index is 1.34. The van der Waals surface area contributed by atoms with Crippen molar-refractivity contribution in [1.82, 2.24) is 10.2 Å². The fourth-order valence-electron chi connectivity index (χ4n) is 3.88. The van der Waals surface area contributed by atoms with E-state index >= 15 is 0 Å². The SMILES string of the molecule is COC(=O)c1ccc(CN2C(=O)N/C(=C\c3cc(OC)c(OCc4ccc5c(c4)OCO5)c(Br)c3Br)C2=O)o1. The lowest BCUT2D eigenvalue weighted by molar-refractivity contribution is -0.123. The highest BCUT2D eigenvalue weighted by Gasteiger charge is 2.35. The fraction of sp³-hybridized carbons (Fsp3) is 0.192. The number of hydrogen-bond donors (Lipinski definition) is 1. The van der Waals surface area contributed by atoms with Crippen LogP contribution in [0.25, 0.3) is 6.08 Å². The second kappa shape index (κ2) is 11.0. The van der Waals surface area contributed by atoms with Crippen molar-refractivity contribution in [2.45, 2.75) is 13.2 Å². The fourth-order valence-corrected chi connectivity index (χ4v) is 4.83. The average molecular weight is 664 g/mol. The maximum atomic E-state index is 13.0. The molecule has 1 N–H and O–H groups in total. The first-order valence-corrected chi connectivity index (χ1v) is 13.0. The molecule has 0 bridgehead atoms. The third-order valence-electron chi connectivity index (χ3n) is 5.82. The molecule has 0 spiro atoms. The number of carbonyl (C=O) groups excluding carboxylic acids is 3. The second-order valence-electron chi connectivity index (χ2n) is 8.24. The minimum Gasteiger partial charge on any atom is -0.493 e. The van der Waals surface area contributed by atoms with Gasteiger partial charge in [-0.05, 0) is 79.4 Å². The summed E-state index contributed by atoms with van der Waals surface area (Å²) in [6.45, 7) is 0.245. The van der Waals surface area contributed by atoms with Crippen LogP contribution in [0.15, 0.2) is 55.5 Å². The molecule has 2 aliphatic heterocycles. The minimum absolute atomic E-state index is 0.0305. The van der Waals surface area contributed by atoms with Crippen molar-refractivity contribution >= 4 is 55.8 Å².